The molecule has 0 aliphatic rings. The summed E-state index contributed by atoms with van der Waals surface area (Å²) in [7, 11) is 1.38. The summed E-state index contributed by atoms with van der Waals surface area (Å²) in [5, 5.41) is 13.8. The molecule has 5 nitrogen and oxygen atoms in total. The Balaban J connectivity index is 1.90. The normalized spacial score (nSPS) is 11.4. The number of nitrogens with two attached hydrogens (primary N) is 1. The van der Waals surface area contributed by atoms with Crippen molar-refractivity contribution in [3.63, 3.8) is 0 Å². The Kier molecular flexibility index (Phi) is 4.39. The van der Waals surface area contributed by atoms with Gasteiger partial charge >= 0.3 is 5.97 Å². The van der Waals surface area contributed by atoms with Gasteiger partial charge in [0.2, 0.25) is 0 Å². The molecule has 1 aromatic heterocycles. The number of nitrogen functional groups attached to an aromatic ring is 1. The van der Waals surface area contributed by atoms with Crippen LogP contribution in [0.5, 0.6) is 0 Å². The van der Waals surface area contributed by atoms with Crippen LogP contribution in [-0.2, 0) is 4.74 Å². The second-order valence-electron chi connectivity index (χ2n) is 8.28. The van der Waals surface area contributed by atoms with E-state index in [1.807, 2.05) is 72.8 Å². The van der Waals surface area contributed by atoms with Gasteiger partial charge in [0.25, 0.3) is 0 Å². The molecule has 0 bridgehead atoms. The fourth-order valence-electron chi connectivity index (χ4n) is 4.81. The molecule has 0 fully saturated rings. The summed E-state index contributed by atoms with van der Waals surface area (Å²) in [6.07, 6.45) is 0. The molecule has 0 radical (unpaired) electrons. The lowest BCUT2D eigenvalue weighted by Crippen LogP contribution is -2.04. The van der Waals surface area contributed by atoms with E-state index in [-0.39, 0.29) is 0 Å². The highest BCUT2D eigenvalue weighted by Gasteiger charge is 2.21. The zero-order valence-electron chi connectivity index (χ0n) is 18.4. The van der Waals surface area contributed by atoms with Gasteiger partial charge < -0.3 is 20.3 Å². The molecule has 0 atom stereocenters. The van der Waals surface area contributed by atoms with Gasteiger partial charge in [-0.3, -0.25) is 0 Å². The van der Waals surface area contributed by atoms with Crippen molar-refractivity contribution in [1.82, 2.24) is 0 Å². The number of anilines is 1. The summed E-state index contributed by atoms with van der Waals surface area (Å²) in [6.45, 7) is 0. The van der Waals surface area contributed by atoms with E-state index in [0.29, 0.717) is 27.8 Å². The Morgan fingerprint density at radius 1 is 0.824 bits per heavy atom. The fraction of sp³-hybridized carbons (Fsp3) is 0.0345. The number of benzene rings is 5. The lowest BCUT2D eigenvalue weighted by molar-refractivity contribution is 0.0601. The zero-order valence-corrected chi connectivity index (χ0v) is 18.4. The second kappa shape index (κ2) is 7.46. The first-order valence-electron chi connectivity index (χ1n) is 10.9. The van der Waals surface area contributed by atoms with Gasteiger partial charge in [0.1, 0.15) is 11.2 Å². The summed E-state index contributed by atoms with van der Waals surface area (Å²) in [5.74, 6) is -0.405. The largest absolute Gasteiger partial charge is 0.465 e. The fourth-order valence-corrected chi connectivity index (χ4v) is 4.81. The van der Waals surface area contributed by atoms with Crippen molar-refractivity contribution in [1.29, 1.82) is 5.41 Å². The predicted molar refractivity (Wildman–Crippen MR) is 136 cm³/mol. The SMILES string of the molecule is COC(=O)c1ccccc1-c1c2ccc3cc(=N)ccc3c2oc2c1ccc1cccc(N)c12. The van der Waals surface area contributed by atoms with Crippen LogP contribution in [0.2, 0.25) is 0 Å². The van der Waals surface area contributed by atoms with Crippen LogP contribution in [0.1, 0.15) is 10.4 Å². The van der Waals surface area contributed by atoms with E-state index in [4.69, 9.17) is 20.3 Å². The van der Waals surface area contributed by atoms with Crippen LogP contribution in [0.15, 0.2) is 89.3 Å². The molecule has 0 aliphatic carbocycles. The van der Waals surface area contributed by atoms with Crippen LogP contribution >= 0.6 is 0 Å². The van der Waals surface area contributed by atoms with Crippen molar-refractivity contribution in [2.75, 3.05) is 12.8 Å². The van der Waals surface area contributed by atoms with E-state index in [0.717, 1.165) is 43.4 Å². The number of carbonyl (C=O) groups is 1. The number of carbonyl (C=O) groups excluding carboxylic acids is 1. The smallest absolute Gasteiger partial charge is 0.338 e. The zero-order chi connectivity index (χ0) is 23.4. The number of hydrogen-bond donors (Lipinski definition) is 2. The third kappa shape index (κ3) is 2.87. The molecule has 0 spiro atoms. The van der Waals surface area contributed by atoms with Gasteiger partial charge in [-0.05, 0) is 58.8 Å². The number of hydrogen-bond acceptors (Lipinski definition) is 5. The molecule has 1 heterocycles. The molecular formula is C29H20N2O3. The molecule has 3 N–H and O–H groups in total. The molecular weight excluding hydrogens is 424 g/mol. The van der Waals surface area contributed by atoms with E-state index in [1.54, 1.807) is 12.1 Å². The molecule has 0 saturated carbocycles. The third-order valence-electron chi connectivity index (χ3n) is 6.35. The summed E-state index contributed by atoms with van der Waals surface area (Å²) >= 11 is 0. The van der Waals surface area contributed by atoms with Crippen molar-refractivity contribution >= 4 is 55.1 Å². The number of esters is 1. The highest BCUT2D eigenvalue weighted by atomic mass is 16.5. The first-order chi connectivity index (χ1) is 16.6. The summed E-state index contributed by atoms with van der Waals surface area (Å²) < 4.78 is 11.7. The van der Waals surface area contributed by atoms with Crippen molar-refractivity contribution in [2.45, 2.75) is 0 Å². The molecule has 0 unspecified atom stereocenters. The molecule has 0 saturated heterocycles. The maximum atomic E-state index is 12.7. The van der Waals surface area contributed by atoms with Crippen LogP contribution in [0, 0.1) is 5.41 Å². The van der Waals surface area contributed by atoms with Crippen LogP contribution in [0.4, 0.5) is 5.69 Å². The molecule has 6 aromatic rings. The maximum absolute atomic E-state index is 12.7. The molecule has 0 amide bonds. The van der Waals surface area contributed by atoms with Crippen molar-refractivity contribution in [3.8, 4) is 11.1 Å². The van der Waals surface area contributed by atoms with Crippen molar-refractivity contribution < 1.29 is 13.9 Å². The summed E-state index contributed by atoms with van der Waals surface area (Å²) in [5.41, 5.74) is 10.5. The molecule has 5 aromatic carbocycles. The Hall–Kier alpha value is -4.64. The van der Waals surface area contributed by atoms with Gasteiger partial charge in [-0.2, -0.15) is 0 Å². The number of ether oxygens (including phenoxy) is 1. The average Bonchev–Trinajstić information content (AvgIpc) is 2.86. The van der Waals surface area contributed by atoms with E-state index in [1.165, 1.54) is 7.11 Å². The minimum Gasteiger partial charge on any atom is -0.465 e. The topological polar surface area (TPSA) is 89.3 Å². The van der Waals surface area contributed by atoms with Gasteiger partial charge in [0, 0.05) is 32.8 Å². The van der Waals surface area contributed by atoms with Gasteiger partial charge in [-0.15, -0.1) is 0 Å². The summed E-state index contributed by atoms with van der Waals surface area (Å²) in [4.78, 5) is 12.7. The molecule has 6 rings (SSSR count). The monoisotopic (exact) mass is 444 g/mol. The van der Waals surface area contributed by atoms with Crippen molar-refractivity contribution in [2.24, 2.45) is 0 Å². The van der Waals surface area contributed by atoms with Crippen molar-refractivity contribution in [3.05, 3.63) is 95.8 Å². The van der Waals surface area contributed by atoms with E-state index >= 15 is 0 Å². The third-order valence-corrected chi connectivity index (χ3v) is 6.35. The number of rotatable bonds is 2. The Bertz CT molecular complexity index is 1850. The first kappa shape index (κ1) is 20.0. The second-order valence-corrected chi connectivity index (χ2v) is 8.28. The summed E-state index contributed by atoms with van der Waals surface area (Å²) in [6, 6.07) is 26.7. The average molecular weight is 444 g/mol. The molecule has 5 heteroatoms. The molecule has 164 valence electrons. The van der Waals surface area contributed by atoms with E-state index < -0.39 is 5.97 Å². The molecule has 34 heavy (non-hydrogen) atoms. The maximum Gasteiger partial charge on any atom is 0.338 e. The van der Waals surface area contributed by atoms with Crippen LogP contribution in [0.25, 0.3) is 54.6 Å². The highest BCUT2D eigenvalue weighted by Crippen LogP contribution is 2.43. The standard InChI is InChI=1S/C29H20N2O3/c1-33-29(32)21-7-3-2-6-20(21)26-22-13-10-17-15-18(30)11-14-19(17)27(22)34-28-23(26)12-9-16-5-4-8-24(31)25(16)28/h2-15,30H,31H2,1H3. The lowest BCUT2D eigenvalue weighted by atomic mass is 9.91. The van der Waals surface area contributed by atoms with Crippen LogP contribution in [0.3, 0.4) is 0 Å². The minimum absolute atomic E-state index is 0.405. The van der Waals surface area contributed by atoms with Gasteiger partial charge in [-0.25, -0.2) is 4.79 Å². The van der Waals surface area contributed by atoms with E-state index in [2.05, 4.69) is 0 Å². The Labute approximate surface area is 194 Å². The highest BCUT2D eigenvalue weighted by molar-refractivity contribution is 6.22. The van der Waals surface area contributed by atoms with E-state index in [9.17, 15) is 4.79 Å². The van der Waals surface area contributed by atoms with Crippen LogP contribution < -0.4 is 11.1 Å². The lowest BCUT2D eigenvalue weighted by Gasteiger charge is -2.16. The molecule has 0 aliphatic heterocycles. The number of methoxy groups -OCH3 is 1. The first-order valence-corrected chi connectivity index (χ1v) is 10.9. The number of fused-ring (bicyclic) bond motifs is 6. The van der Waals surface area contributed by atoms with Gasteiger partial charge in [-0.1, -0.05) is 42.5 Å². The van der Waals surface area contributed by atoms with Crippen LogP contribution in [-0.4, -0.2) is 13.1 Å². The quantitative estimate of drug-likeness (QED) is 0.140. The Morgan fingerprint density at radius 3 is 2.38 bits per heavy atom. The van der Waals surface area contributed by atoms with Gasteiger partial charge in [0.05, 0.1) is 18.0 Å². The Morgan fingerprint density at radius 2 is 1.56 bits per heavy atom. The minimum atomic E-state index is -0.405. The van der Waals surface area contributed by atoms with Gasteiger partial charge in [0.15, 0.2) is 0 Å². The number of nitrogens with one attached hydrogen (secondary N) is 1. The predicted octanol–water partition coefficient (Wildman–Crippen LogP) is 6.41.